The Bertz CT molecular complexity index is 1390. The van der Waals surface area contributed by atoms with Gasteiger partial charge in [-0.1, -0.05) is 76.7 Å². The average molecular weight is 555 g/mol. The van der Waals surface area contributed by atoms with Crippen LogP contribution >= 0.6 is 57.7 Å². The Morgan fingerprint density at radius 3 is 2.35 bits per heavy atom. The fraction of sp³-hybridized carbons (Fsp3) is 0.0833. The van der Waals surface area contributed by atoms with Gasteiger partial charge in [0.2, 0.25) is 6.10 Å². The Morgan fingerprint density at radius 1 is 0.941 bits per heavy atom. The van der Waals surface area contributed by atoms with Crippen LogP contribution in [0.1, 0.15) is 21.3 Å². The number of hydrogen-bond acceptors (Lipinski definition) is 5. The number of ether oxygens (including phenoxy) is 2. The van der Waals surface area contributed by atoms with Crippen molar-refractivity contribution in [3.63, 3.8) is 0 Å². The molecule has 1 unspecified atom stereocenters. The molecule has 174 valence electrons. The van der Waals surface area contributed by atoms with Gasteiger partial charge in [-0.3, -0.25) is 4.79 Å². The molecule has 0 radical (unpaired) electrons. The van der Waals surface area contributed by atoms with E-state index in [1.165, 1.54) is 13.2 Å². The predicted octanol–water partition coefficient (Wildman–Crippen LogP) is 8.06. The number of benzene rings is 3. The summed E-state index contributed by atoms with van der Waals surface area (Å²) in [5.74, 6) is -0.877. The van der Waals surface area contributed by atoms with Crippen LogP contribution in [-0.2, 0) is 9.53 Å². The molecule has 5 nitrogen and oxygen atoms in total. The number of amides is 1. The van der Waals surface area contributed by atoms with E-state index in [9.17, 15) is 9.59 Å². The first-order valence-electron chi connectivity index (χ1n) is 9.76. The number of halogens is 4. The Hall–Kier alpha value is -2.48. The minimum Gasteiger partial charge on any atom is -0.495 e. The lowest BCUT2D eigenvalue weighted by molar-refractivity contribution is -0.125. The van der Waals surface area contributed by atoms with Crippen LogP contribution in [0.5, 0.6) is 5.75 Å². The first-order chi connectivity index (χ1) is 16.3. The minimum absolute atomic E-state index is 0.113. The number of anilines is 1. The molecule has 0 aliphatic heterocycles. The van der Waals surface area contributed by atoms with Crippen molar-refractivity contribution >= 4 is 85.4 Å². The van der Waals surface area contributed by atoms with Crippen LogP contribution in [0.4, 0.5) is 5.69 Å². The molecular formula is C24H15Cl4NO4S. The summed E-state index contributed by atoms with van der Waals surface area (Å²) in [6.45, 7) is 0. The Balaban J connectivity index is 1.65. The van der Waals surface area contributed by atoms with E-state index in [2.05, 4.69) is 5.32 Å². The van der Waals surface area contributed by atoms with E-state index in [-0.39, 0.29) is 9.90 Å². The van der Waals surface area contributed by atoms with Crippen molar-refractivity contribution in [3.05, 3.63) is 91.2 Å². The van der Waals surface area contributed by atoms with Gasteiger partial charge in [0.05, 0.1) is 22.2 Å². The normalized spacial score (nSPS) is 11.8. The zero-order chi connectivity index (χ0) is 24.4. The predicted molar refractivity (Wildman–Crippen MR) is 138 cm³/mol. The number of nitrogens with one attached hydrogen (secondary N) is 1. The third-order valence-electron chi connectivity index (χ3n) is 4.82. The van der Waals surface area contributed by atoms with Gasteiger partial charge in [0.15, 0.2) is 0 Å². The number of fused-ring (bicyclic) bond motifs is 1. The maximum Gasteiger partial charge on any atom is 0.351 e. The van der Waals surface area contributed by atoms with Crippen LogP contribution in [-0.4, -0.2) is 19.0 Å². The summed E-state index contributed by atoms with van der Waals surface area (Å²) in [7, 11) is 1.49. The van der Waals surface area contributed by atoms with Gasteiger partial charge in [0.1, 0.15) is 10.6 Å². The van der Waals surface area contributed by atoms with E-state index < -0.39 is 18.0 Å². The maximum atomic E-state index is 13.2. The smallest absolute Gasteiger partial charge is 0.351 e. The summed E-state index contributed by atoms with van der Waals surface area (Å²) < 4.78 is 11.4. The molecule has 3 aromatic carbocycles. The third-order valence-corrected chi connectivity index (χ3v) is 7.24. The standard InChI is InChI=1S/C24H15Cl4NO4S/c1-32-17-8-7-14(11-15(17)26)29-23(30)21(12-5-3-2-4-6-12)33-24(31)22-20(28)19-16(27)9-13(25)10-18(19)34-22/h2-11,21H,1H3,(H,29,30). The number of carbonyl (C=O) groups is 2. The molecule has 1 amide bonds. The van der Waals surface area contributed by atoms with E-state index in [4.69, 9.17) is 55.9 Å². The lowest BCUT2D eigenvalue weighted by Crippen LogP contribution is -2.25. The van der Waals surface area contributed by atoms with Crippen LogP contribution in [0, 0.1) is 0 Å². The first kappa shape index (κ1) is 24.6. The summed E-state index contributed by atoms with van der Waals surface area (Å²) in [5, 5.41) is 4.41. The lowest BCUT2D eigenvalue weighted by atomic mass is 10.1. The van der Waals surface area contributed by atoms with Crippen molar-refractivity contribution in [2.24, 2.45) is 0 Å². The van der Waals surface area contributed by atoms with Crippen molar-refractivity contribution < 1.29 is 19.1 Å². The zero-order valence-electron chi connectivity index (χ0n) is 17.4. The Morgan fingerprint density at radius 2 is 1.68 bits per heavy atom. The number of thiophene rings is 1. The number of esters is 1. The van der Waals surface area contributed by atoms with Gasteiger partial charge in [-0.2, -0.15) is 0 Å². The van der Waals surface area contributed by atoms with Crippen LogP contribution in [0.15, 0.2) is 60.7 Å². The van der Waals surface area contributed by atoms with Gasteiger partial charge in [0, 0.05) is 26.4 Å². The highest BCUT2D eigenvalue weighted by Crippen LogP contribution is 2.42. The van der Waals surface area contributed by atoms with Crippen molar-refractivity contribution in [2.75, 3.05) is 12.4 Å². The molecule has 1 aromatic heterocycles. The molecule has 0 spiro atoms. The molecule has 1 heterocycles. The molecule has 4 rings (SSSR count). The Labute approximate surface area is 219 Å². The van der Waals surface area contributed by atoms with Crippen LogP contribution in [0.25, 0.3) is 10.1 Å². The number of hydrogen-bond donors (Lipinski definition) is 1. The minimum atomic E-state index is -1.25. The summed E-state index contributed by atoms with van der Waals surface area (Å²) in [5.41, 5.74) is 0.889. The first-order valence-corrected chi connectivity index (χ1v) is 12.1. The highest BCUT2D eigenvalue weighted by Gasteiger charge is 2.29. The fourth-order valence-corrected chi connectivity index (χ4v) is 5.77. The molecule has 0 saturated carbocycles. The monoisotopic (exact) mass is 553 g/mol. The van der Waals surface area contributed by atoms with Gasteiger partial charge in [-0.05, 0) is 30.3 Å². The van der Waals surface area contributed by atoms with E-state index in [0.717, 1.165) is 11.3 Å². The molecule has 10 heteroatoms. The second-order valence-corrected chi connectivity index (χ2v) is 9.72. The summed E-state index contributed by atoms with van der Waals surface area (Å²) in [4.78, 5) is 26.4. The summed E-state index contributed by atoms with van der Waals surface area (Å²) in [6, 6.07) is 16.6. The second-order valence-electron chi connectivity index (χ2n) is 7.04. The number of carbonyl (C=O) groups excluding carboxylic acids is 2. The zero-order valence-corrected chi connectivity index (χ0v) is 21.2. The molecule has 0 aliphatic carbocycles. The number of rotatable bonds is 6. The van der Waals surface area contributed by atoms with Crippen molar-refractivity contribution in [1.29, 1.82) is 0 Å². The molecule has 0 fully saturated rings. The highest BCUT2D eigenvalue weighted by molar-refractivity contribution is 7.21. The van der Waals surface area contributed by atoms with E-state index >= 15 is 0 Å². The van der Waals surface area contributed by atoms with Crippen molar-refractivity contribution in [3.8, 4) is 5.75 Å². The lowest BCUT2D eigenvalue weighted by Gasteiger charge is -2.18. The molecular weight excluding hydrogens is 540 g/mol. The fourth-order valence-electron chi connectivity index (χ4n) is 3.26. The average Bonchev–Trinajstić information content (AvgIpc) is 3.14. The van der Waals surface area contributed by atoms with Crippen LogP contribution < -0.4 is 10.1 Å². The van der Waals surface area contributed by atoms with E-state index in [0.29, 0.717) is 42.2 Å². The molecule has 4 aromatic rings. The number of methoxy groups -OCH3 is 1. The molecule has 34 heavy (non-hydrogen) atoms. The van der Waals surface area contributed by atoms with Crippen LogP contribution in [0.2, 0.25) is 20.1 Å². The summed E-state index contributed by atoms with van der Waals surface area (Å²) in [6.07, 6.45) is -1.25. The van der Waals surface area contributed by atoms with Gasteiger partial charge < -0.3 is 14.8 Å². The Kier molecular flexibility index (Phi) is 7.55. The SMILES string of the molecule is COc1ccc(NC(=O)C(OC(=O)c2sc3cc(Cl)cc(Cl)c3c2Cl)c2ccccc2)cc1Cl. The highest BCUT2D eigenvalue weighted by atomic mass is 35.5. The summed E-state index contributed by atoms with van der Waals surface area (Å²) >= 11 is 26.0. The maximum absolute atomic E-state index is 13.2. The molecule has 0 aliphatic rings. The molecule has 0 saturated heterocycles. The van der Waals surface area contributed by atoms with Gasteiger partial charge >= 0.3 is 5.97 Å². The third kappa shape index (κ3) is 5.11. The topological polar surface area (TPSA) is 64.6 Å². The quantitative estimate of drug-likeness (QED) is 0.245. The van der Waals surface area contributed by atoms with Crippen LogP contribution in [0.3, 0.4) is 0 Å². The van der Waals surface area contributed by atoms with Gasteiger partial charge in [-0.15, -0.1) is 11.3 Å². The van der Waals surface area contributed by atoms with Crippen molar-refractivity contribution in [1.82, 2.24) is 0 Å². The second kappa shape index (κ2) is 10.4. The van der Waals surface area contributed by atoms with Gasteiger partial charge in [-0.25, -0.2) is 4.79 Å². The van der Waals surface area contributed by atoms with E-state index in [1.54, 1.807) is 54.6 Å². The molecule has 0 bridgehead atoms. The van der Waals surface area contributed by atoms with E-state index in [1.807, 2.05) is 0 Å². The molecule has 1 N–H and O–H groups in total. The largest absolute Gasteiger partial charge is 0.495 e. The molecule has 1 atom stereocenters. The van der Waals surface area contributed by atoms with Crippen molar-refractivity contribution in [2.45, 2.75) is 6.10 Å². The van der Waals surface area contributed by atoms with Gasteiger partial charge in [0.25, 0.3) is 5.91 Å².